The maximum atomic E-state index is 13.6. The normalized spacial score (nSPS) is 13.4. The average molecular weight is 947 g/mol. The highest BCUT2D eigenvalue weighted by molar-refractivity contribution is 6.00. The van der Waals surface area contributed by atoms with Gasteiger partial charge < -0.3 is 20.9 Å². The fraction of sp³-hybridized carbons (Fsp3) is 0.196. The van der Waals surface area contributed by atoms with Gasteiger partial charge in [0.1, 0.15) is 0 Å². The molecule has 2 aliphatic rings. The Bertz CT molecular complexity index is 2790. The number of carbonyl (C=O) groups excluding carboxylic acids is 5. The van der Waals surface area contributed by atoms with Gasteiger partial charge >= 0.3 is 24.1 Å². The number of urea groups is 2. The van der Waals surface area contributed by atoms with Gasteiger partial charge in [0.25, 0.3) is 0 Å². The van der Waals surface area contributed by atoms with Crippen molar-refractivity contribution in [2.45, 2.75) is 32.1 Å². The Morgan fingerprint density at radius 3 is 1.23 bits per heavy atom. The molecule has 11 nitrogen and oxygen atoms in total. The van der Waals surface area contributed by atoms with Crippen LogP contribution in [0.1, 0.15) is 55.8 Å². The number of hydrogen-bond acceptors (Lipinski definition) is 6. The topological polar surface area (TPSA) is 136 Å². The number of carbonyl (C=O) groups is 5. The minimum Gasteiger partial charge on any atom is -0.341 e. The molecule has 70 heavy (non-hydrogen) atoms. The molecule has 0 aliphatic carbocycles. The van der Waals surface area contributed by atoms with Crippen molar-refractivity contribution in [1.29, 1.82) is 0 Å². The fourth-order valence-corrected chi connectivity index (χ4v) is 8.05. The van der Waals surface area contributed by atoms with Crippen molar-refractivity contribution in [3.05, 3.63) is 215 Å². The van der Waals surface area contributed by atoms with Crippen LogP contribution in [0.15, 0.2) is 182 Å². The maximum absolute atomic E-state index is 13.6. The molecule has 14 heteroatoms. The molecule has 0 fully saturated rings. The predicted octanol–water partition coefficient (Wildman–Crippen LogP) is 10.2. The van der Waals surface area contributed by atoms with Gasteiger partial charge in [0.15, 0.2) is 11.6 Å². The van der Waals surface area contributed by atoms with Crippen molar-refractivity contribution in [2.24, 2.45) is 5.73 Å². The third-order valence-electron chi connectivity index (χ3n) is 11.9. The second-order valence-electron chi connectivity index (χ2n) is 16.6. The Hall–Kier alpha value is -8.10. The Balaban J connectivity index is 0.000000209. The summed E-state index contributed by atoms with van der Waals surface area (Å²) in [6, 6.07) is 52.6. The van der Waals surface area contributed by atoms with Crippen molar-refractivity contribution in [1.82, 2.24) is 15.1 Å². The molecule has 0 atom stereocenters. The van der Waals surface area contributed by atoms with Crippen LogP contribution in [0.25, 0.3) is 11.1 Å². The third kappa shape index (κ3) is 13.3. The predicted molar refractivity (Wildman–Crippen MR) is 267 cm³/mol. The van der Waals surface area contributed by atoms with Gasteiger partial charge in [0, 0.05) is 48.7 Å². The average Bonchev–Trinajstić information content (AvgIpc) is 3.41. The lowest BCUT2D eigenvalue weighted by atomic mass is 10.00. The molecule has 8 rings (SSSR count). The lowest BCUT2D eigenvalue weighted by Crippen LogP contribution is -2.44. The highest BCUT2D eigenvalue weighted by Crippen LogP contribution is 2.27. The van der Waals surface area contributed by atoms with E-state index in [0.29, 0.717) is 44.0 Å². The van der Waals surface area contributed by atoms with Gasteiger partial charge in [-0.15, -0.1) is 0 Å². The van der Waals surface area contributed by atoms with Crippen molar-refractivity contribution < 1.29 is 37.1 Å². The summed E-state index contributed by atoms with van der Waals surface area (Å²) in [6.45, 7) is 2.17. The first-order chi connectivity index (χ1) is 33.9. The van der Waals surface area contributed by atoms with Gasteiger partial charge in [-0.2, -0.15) is 13.2 Å². The molecule has 0 saturated carbocycles. The summed E-state index contributed by atoms with van der Waals surface area (Å²) in [5, 5.41) is 1.58. The van der Waals surface area contributed by atoms with Gasteiger partial charge in [-0.3, -0.25) is 24.2 Å². The summed E-state index contributed by atoms with van der Waals surface area (Å²) in [6.07, 6.45) is 0.726. The zero-order valence-corrected chi connectivity index (χ0v) is 38.4. The molecule has 0 bridgehead atoms. The van der Waals surface area contributed by atoms with E-state index in [0.717, 1.165) is 35.2 Å². The van der Waals surface area contributed by atoms with E-state index in [1.165, 1.54) is 28.8 Å². The Morgan fingerprint density at radius 1 is 0.514 bits per heavy atom. The summed E-state index contributed by atoms with van der Waals surface area (Å²) in [5.74, 6) is -2.91. The second kappa shape index (κ2) is 23.8. The lowest BCUT2D eigenvalue weighted by molar-refractivity contribution is -0.173. The number of halogens is 3. The molecule has 0 unspecified atom stereocenters. The number of alkyl halides is 3. The Kier molecular flexibility index (Phi) is 16.9. The molecule has 2 aliphatic heterocycles. The molecular formula is C56H53F3N6O5. The smallest absolute Gasteiger partial charge is 0.341 e. The van der Waals surface area contributed by atoms with E-state index in [9.17, 15) is 37.1 Å². The van der Waals surface area contributed by atoms with Crippen LogP contribution in [0.5, 0.6) is 0 Å². The molecule has 3 N–H and O–H groups in total. The van der Waals surface area contributed by atoms with Crippen molar-refractivity contribution in [2.75, 3.05) is 49.1 Å². The zero-order valence-electron chi connectivity index (χ0n) is 38.4. The minimum atomic E-state index is -5.05. The number of rotatable bonds is 13. The summed E-state index contributed by atoms with van der Waals surface area (Å²) in [7, 11) is 0. The number of anilines is 2. The number of para-hydroxylation sites is 2. The van der Waals surface area contributed by atoms with Crippen molar-refractivity contribution in [3.8, 4) is 0 Å². The van der Waals surface area contributed by atoms with Gasteiger partial charge in [0.05, 0.1) is 26.2 Å². The number of Topliss-reactive ketones (excluding diaryl/α,β-unsaturated/α-hetero) is 2. The first-order valence-corrected chi connectivity index (χ1v) is 22.9. The van der Waals surface area contributed by atoms with Crippen LogP contribution in [0, 0.1) is 0 Å². The van der Waals surface area contributed by atoms with Gasteiger partial charge in [-0.05, 0) is 70.5 Å². The molecule has 0 spiro atoms. The van der Waals surface area contributed by atoms with Gasteiger partial charge in [-0.1, -0.05) is 158 Å². The lowest BCUT2D eigenvalue weighted by Gasteiger charge is -2.33. The standard InChI is InChI=1S/C29H26F3N3O3.C27H27N3O2/c30-29(31,32)27(37)33-19-26(36)24-13-11-21(12-14-24)20-35(25-9-5-2-6-10-25)28(38)34-17-15-23(16-18-34)22-7-3-1-4-8-22;28-19-26(31)24-13-11-21(12-14-24)20-30(25-9-5-2-6-10-25)27(32)29-17-15-23(16-18-29)22-7-3-1-4-8-22/h1-15H,16-20H2,(H,33,37);1-15H,16-20,28H2. The van der Waals surface area contributed by atoms with Crippen LogP contribution >= 0.6 is 0 Å². The quantitative estimate of drug-likeness (QED) is 0.111. The maximum Gasteiger partial charge on any atom is 0.471 e. The molecular weight excluding hydrogens is 894 g/mol. The minimum absolute atomic E-state index is 0.0125. The van der Waals surface area contributed by atoms with Crippen LogP contribution in [-0.4, -0.2) is 84.8 Å². The monoisotopic (exact) mass is 946 g/mol. The molecule has 6 aromatic carbocycles. The summed E-state index contributed by atoms with van der Waals surface area (Å²) >= 11 is 0. The largest absolute Gasteiger partial charge is 0.471 e. The second-order valence-corrected chi connectivity index (χ2v) is 16.6. The van der Waals surface area contributed by atoms with Crippen molar-refractivity contribution in [3.63, 3.8) is 0 Å². The Morgan fingerprint density at radius 2 is 0.886 bits per heavy atom. The molecule has 6 aromatic rings. The number of nitrogens with one attached hydrogen (secondary N) is 1. The van der Waals surface area contributed by atoms with Crippen LogP contribution in [-0.2, 0) is 17.9 Å². The zero-order chi connectivity index (χ0) is 49.5. The molecule has 358 valence electrons. The van der Waals surface area contributed by atoms with E-state index in [1.807, 2.05) is 114 Å². The number of ketones is 2. The van der Waals surface area contributed by atoms with Crippen LogP contribution in [0.3, 0.4) is 0 Å². The third-order valence-corrected chi connectivity index (χ3v) is 11.9. The fourth-order valence-electron chi connectivity index (χ4n) is 8.05. The van der Waals surface area contributed by atoms with E-state index in [-0.39, 0.29) is 36.5 Å². The van der Waals surface area contributed by atoms with Crippen LogP contribution in [0.4, 0.5) is 34.1 Å². The molecule has 0 aromatic heterocycles. The van der Waals surface area contributed by atoms with Gasteiger partial charge in [0.2, 0.25) is 0 Å². The first-order valence-electron chi connectivity index (χ1n) is 22.9. The van der Waals surface area contributed by atoms with E-state index in [4.69, 9.17) is 5.73 Å². The summed E-state index contributed by atoms with van der Waals surface area (Å²) < 4.78 is 37.1. The highest BCUT2D eigenvalue weighted by Gasteiger charge is 2.38. The number of nitrogens with zero attached hydrogens (tertiary/aromatic N) is 4. The molecule has 5 amide bonds. The number of benzene rings is 6. The van der Waals surface area contributed by atoms with E-state index < -0.39 is 24.4 Å². The highest BCUT2D eigenvalue weighted by atomic mass is 19.4. The van der Waals surface area contributed by atoms with E-state index in [1.54, 1.807) is 44.3 Å². The van der Waals surface area contributed by atoms with Crippen LogP contribution in [0.2, 0.25) is 0 Å². The van der Waals surface area contributed by atoms with E-state index in [2.05, 4.69) is 36.4 Å². The Labute approximate surface area is 405 Å². The number of nitrogens with two attached hydrogens (primary N) is 1. The number of hydrogen-bond donors (Lipinski definition) is 2. The summed E-state index contributed by atoms with van der Waals surface area (Å²) in [4.78, 5) is 69.2. The van der Waals surface area contributed by atoms with Gasteiger partial charge in [-0.25, -0.2) is 9.59 Å². The summed E-state index contributed by atoms with van der Waals surface area (Å²) in [5.41, 5.74) is 14.3. The first kappa shape index (κ1) is 49.8. The molecule has 0 radical (unpaired) electrons. The molecule has 2 heterocycles. The molecule has 0 saturated heterocycles. The SMILES string of the molecule is NCC(=O)c1ccc(CN(C(=O)N2CC=C(c3ccccc3)CC2)c2ccccc2)cc1.O=C(CNC(=O)C(F)(F)F)c1ccc(CN(C(=O)N2CC=C(c3ccccc3)CC2)c2ccccc2)cc1. The van der Waals surface area contributed by atoms with Crippen molar-refractivity contribution >= 4 is 52.1 Å². The van der Waals surface area contributed by atoms with E-state index >= 15 is 0 Å². The number of amides is 5. The van der Waals surface area contributed by atoms with Crippen LogP contribution < -0.4 is 20.9 Å².